The molecule has 2 nitrogen and oxygen atoms in total. The standard InChI is InChI=1S/C26H43NO/c1-20(2)11-8-12-22(5)13-9-14-23(6)15-10-16-24(7)18-26-27-25(19-28-26)17-21(3)4/h11,13,15,18,21,25H,8-10,12,14,16-17,19H2,1-7H3/t25-/m0/s1. The van der Waals surface area contributed by atoms with Gasteiger partial charge in [-0.3, -0.25) is 0 Å². The fourth-order valence-corrected chi connectivity index (χ4v) is 3.35. The lowest BCUT2D eigenvalue weighted by molar-refractivity contribution is 0.302. The second kappa shape index (κ2) is 13.6. The molecule has 1 aliphatic rings. The zero-order valence-electron chi connectivity index (χ0n) is 19.5. The minimum Gasteiger partial charge on any atom is -0.476 e. The van der Waals surface area contributed by atoms with Crippen molar-refractivity contribution in [2.75, 3.05) is 6.61 Å². The van der Waals surface area contributed by atoms with Gasteiger partial charge < -0.3 is 4.74 Å². The first-order chi connectivity index (χ1) is 13.3. The maximum Gasteiger partial charge on any atom is 0.208 e. The van der Waals surface area contributed by atoms with Crippen LogP contribution >= 0.6 is 0 Å². The highest BCUT2D eigenvalue weighted by Gasteiger charge is 2.18. The molecule has 1 heterocycles. The Labute approximate surface area is 174 Å². The molecule has 28 heavy (non-hydrogen) atoms. The zero-order valence-corrected chi connectivity index (χ0v) is 19.5. The molecular formula is C26H43NO. The van der Waals surface area contributed by atoms with E-state index in [-0.39, 0.29) is 0 Å². The van der Waals surface area contributed by atoms with Crippen molar-refractivity contribution >= 4 is 5.90 Å². The van der Waals surface area contributed by atoms with Crippen LogP contribution in [0.5, 0.6) is 0 Å². The third kappa shape index (κ3) is 12.0. The van der Waals surface area contributed by atoms with Gasteiger partial charge in [-0.2, -0.15) is 0 Å². The highest BCUT2D eigenvalue weighted by atomic mass is 16.5. The van der Waals surface area contributed by atoms with Crippen LogP contribution in [0.25, 0.3) is 0 Å². The van der Waals surface area contributed by atoms with E-state index in [1.165, 1.54) is 35.1 Å². The lowest BCUT2D eigenvalue weighted by Crippen LogP contribution is -2.09. The molecule has 0 aromatic rings. The molecule has 0 saturated carbocycles. The third-order valence-electron chi connectivity index (χ3n) is 5.00. The minimum absolute atomic E-state index is 0.347. The van der Waals surface area contributed by atoms with Gasteiger partial charge in [-0.1, -0.05) is 54.4 Å². The largest absolute Gasteiger partial charge is 0.476 e. The highest BCUT2D eigenvalue weighted by molar-refractivity contribution is 5.89. The van der Waals surface area contributed by atoms with Gasteiger partial charge in [-0.15, -0.1) is 0 Å². The lowest BCUT2D eigenvalue weighted by Gasteiger charge is -2.06. The molecule has 0 saturated heterocycles. The topological polar surface area (TPSA) is 21.6 Å². The molecule has 1 rings (SSSR count). The molecule has 0 N–H and O–H groups in total. The summed E-state index contributed by atoms with van der Waals surface area (Å²) >= 11 is 0. The van der Waals surface area contributed by atoms with Gasteiger partial charge >= 0.3 is 0 Å². The average molecular weight is 386 g/mol. The summed E-state index contributed by atoms with van der Waals surface area (Å²) in [4.78, 5) is 4.69. The number of aliphatic imine (C=N–C) groups is 1. The Morgan fingerprint density at radius 3 is 1.96 bits per heavy atom. The van der Waals surface area contributed by atoms with E-state index >= 15 is 0 Å². The molecular weight excluding hydrogens is 342 g/mol. The molecule has 1 aliphatic heterocycles. The number of nitrogens with zero attached hydrogens (tertiary/aromatic N) is 1. The molecule has 2 heteroatoms. The van der Waals surface area contributed by atoms with E-state index in [2.05, 4.69) is 72.8 Å². The van der Waals surface area contributed by atoms with Crippen molar-refractivity contribution in [2.24, 2.45) is 10.9 Å². The van der Waals surface area contributed by atoms with E-state index in [1.54, 1.807) is 0 Å². The fraction of sp³-hybridized carbons (Fsp3) is 0.654. The SMILES string of the molecule is CC(C)=CCCC(C)=CCCC(C)=CCCC(C)=CC1=N[C@@H](CC(C)C)CO1. The monoisotopic (exact) mass is 385 g/mol. The van der Waals surface area contributed by atoms with Gasteiger partial charge in [0.2, 0.25) is 5.90 Å². The molecule has 0 bridgehead atoms. The molecule has 1 atom stereocenters. The Morgan fingerprint density at radius 1 is 0.893 bits per heavy atom. The number of ether oxygens (including phenoxy) is 1. The Morgan fingerprint density at radius 2 is 1.43 bits per heavy atom. The van der Waals surface area contributed by atoms with Crippen LogP contribution in [0.15, 0.2) is 51.6 Å². The van der Waals surface area contributed by atoms with E-state index in [0.717, 1.165) is 44.6 Å². The van der Waals surface area contributed by atoms with Crippen molar-refractivity contribution in [3.8, 4) is 0 Å². The van der Waals surface area contributed by atoms with E-state index in [9.17, 15) is 0 Å². The van der Waals surface area contributed by atoms with Crippen LogP contribution in [0, 0.1) is 5.92 Å². The molecule has 0 aromatic carbocycles. The lowest BCUT2D eigenvalue weighted by atomic mass is 10.0. The van der Waals surface area contributed by atoms with Crippen LogP contribution in [0.2, 0.25) is 0 Å². The van der Waals surface area contributed by atoms with Gasteiger partial charge in [0.15, 0.2) is 0 Å². The number of allylic oxidation sites excluding steroid dienone is 7. The highest BCUT2D eigenvalue weighted by Crippen LogP contribution is 2.17. The van der Waals surface area contributed by atoms with E-state index in [4.69, 9.17) is 9.73 Å². The van der Waals surface area contributed by atoms with Crippen molar-refractivity contribution in [2.45, 2.75) is 99.5 Å². The summed E-state index contributed by atoms with van der Waals surface area (Å²) in [7, 11) is 0. The predicted molar refractivity (Wildman–Crippen MR) is 125 cm³/mol. The summed E-state index contributed by atoms with van der Waals surface area (Å²) in [6, 6.07) is 0.347. The average Bonchev–Trinajstić information content (AvgIpc) is 3.00. The first-order valence-corrected chi connectivity index (χ1v) is 11.1. The Balaban J connectivity index is 2.31. The summed E-state index contributed by atoms with van der Waals surface area (Å²) in [6.07, 6.45) is 17.2. The van der Waals surface area contributed by atoms with Crippen LogP contribution < -0.4 is 0 Å². The summed E-state index contributed by atoms with van der Waals surface area (Å²) < 4.78 is 5.73. The maximum absolute atomic E-state index is 5.73. The Bertz CT molecular complexity index is 612. The van der Waals surface area contributed by atoms with Gasteiger partial charge in [0.1, 0.15) is 6.61 Å². The molecule has 0 unspecified atom stereocenters. The first kappa shape index (κ1) is 24.5. The van der Waals surface area contributed by atoms with Crippen LogP contribution in [0.3, 0.4) is 0 Å². The molecule has 0 spiro atoms. The van der Waals surface area contributed by atoms with Crippen LogP contribution in [0.4, 0.5) is 0 Å². The van der Waals surface area contributed by atoms with Crippen molar-refractivity contribution in [1.82, 2.24) is 0 Å². The minimum atomic E-state index is 0.347. The second-order valence-corrected chi connectivity index (χ2v) is 9.05. The molecule has 0 amide bonds. The van der Waals surface area contributed by atoms with Crippen LogP contribution in [0.1, 0.15) is 93.4 Å². The second-order valence-electron chi connectivity index (χ2n) is 9.05. The number of rotatable bonds is 12. The molecule has 0 aromatic heterocycles. The van der Waals surface area contributed by atoms with Crippen molar-refractivity contribution in [1.29, 1.82) is 0 Å². The van der Waals surface area contributed by atoms with Gasteiger partial charge in [-0.25, -0.2) is 4.99 Å². The smallest absolute Gasteiger partial charge is 0.208 e. The number of hydrogen-bond donors (Lipinski definition) is 0. The molecule has 158 valence electrons. The molecule has 0 radical (unpaired) electrons. The number of hydrogen-bond acceptors (Lipinski definition) is 2. The van der Waals surface area contributed by atoms with Crippen molar-refractivity contribution in [3.05, 3.63) is 46.6 Å². The summed E-state index contributed by atoms with van der Waals surface area (Å²) in [5, 5.41) is 0. The van der Waals surface area contributed by atoms with Gasteiger partial charge in [-0.05, 0) is 91.6 Å². The third-order valence-corrected chi connectivity index (χ3v) is 5.00. The van der Waals surface area contributed by atoms with Gasteiger partial charge in [0, 0.05) is 0 Å². The van der Waals surface area contributed by atoms with E-state index in [1.807, 2.05) is 0 Å². The molecule has 0 aliphatic carbocycles. The Kier molecular flexibility index (Phi) is 11.9. The van der Waals surface area contributed by atoms with E-state index < -0.39 is 0 Å². The zero-order chi connectivity index (χ0) is 20.9. The summed E-state index contributed by atoms with van der Waals surface area (Å²) in [5.41, 5.74) is 5.77. The summed E-state index contributed by atoms with van der Waals surface area (Å²) in [5.74, 6) is 1.50. The van der Waals surface area contributed by atoms with Gasteiger partial charge in [0.25, 0.3) is 0 Å². The quantitative estimate of drug-likeness (QED) is 0.312. The Hall–Kier alpha value is -1.57. The van der Waals surface area contributed by atoms with Crippen molar-refractivity contribution < 1.29 is 4.74 Å². The van der Waals surface area contributed by atoms with Crippen LogP contribution in [-0.4, -0.2) is 18.5 Å². The maximum atomic E-state index is 5.73. The first-order valence-electron chi connectivity index (χ1n) is 11.1. The van der Waals surface area contributed by atoms with E-state index in [0.29, 0.717) is 12.0 Å². The normalized spacial score (nSPS) is 18.4. The van der Waals surface area contributed by atoms with Crippen molar-refractivity contribution in [3.63, 3.8) is 0 Å². The fourth-order valence-electron chi connectivity index (χ4n) is 3.35. The van der Waals surface area contributed by atoms with Gasteiger partial charge in [0.05, 0.1) is 6.04 Å². The molecule has 0 fully saturated rings. The van der Waals surface area contributed by atoms with Crippen LogP contribution in [-0.2, 0) is 4.74 Å². The predicted octanol–water partition coefficient (Wildman–Crippen LogP) is 7.98. The summed E-state index contributed by atoms with van der Waals surface area (Å²) in [6.45, 7) is 16.3.